The number of nitrogens with zero attached hydrogens (tertiary/aromatic N) is 3. The Morgan fingerprint density at radius 1 is 1.67 bits per heavy atom. The van der Waals surface area contributed by atoms with Crippen LogP contribution in [0.4, 0.5) is 11.6 Å². The molecule has 5 heteroatoms. The number of hydrogen-bond donors (Lipinski definition) is 2. The summed E-state index contributed by atoms with van der Waals surface area (Å²) in [6, 6.07) is 2.59. The molecule has 0 radical (unpaired) electrons. The van der Waals surface area contributed by atoms with Crippen LogP contribution in [0.1, 0.15) is 31.7 Å². The van der Waals surface area contributed by atoms with Gasteiger partial charge in [0.2, 0.25) is 0 Å². The Labute approximate surface area is 88.9 Å². The summed E-state index contributed by atoms with van der Waals surface area (Å²) in [5.74, 6) is 1.12. The Bertz CT molecular complexity index is 397. The first-order valence-electron chi connectivity index (χ1n) is 5.29. The summed E-state index contributed by atoms with van der Waals surface area (Å²) in [5.41, 5.74) is 6.32. The summed E-state index contributed by atoms with van der Waals surface area (Å²) in [7, 11) is 0. The standard InChI is InChI=1S/C10H15N5/c1-2-5-15-9(12)8(6-11)10(14-15)13-7-3-4-7/h7H,2-5,12H2,1H3,(H,13,14). The first kappa shape index (κ1) is 9.84. The maximum atomic E-state index is 8.99. The van der Waals surface area contributed by atoms with Gasteiger partial charge in [-0.15, -0.1) is 0 Å². The van der Waals surface area contributed by atoms with Gasteiger partial charge in [0.25, 0.3) is 0 Å². The van der Waals surface area contributed by atoms with Gasteiger partial charge in [-0.1, -0.05) is 6.92 Å². The number of aryl methyl sites for hydroxylation is 1. The fourth-order valence-electron chi connectivity index (χ4n) is 1.49. The van der Waals surface area contributed by atoms with Crippen LogP contribution >= 0.6 is 0 Å². The second kappa shape index (κ2) is 3.81. The fraction of sp³-hybridized carbons (Fsp3) is 0.600. The van der Waals surface area contributed by atoms with E-state index in [-0.39, 0.29) is 0 Å². The highest BCUT2D eigenvalue weighted by Gasteiger charge is 2.25. The lowest BCUT2D eigenvalue weighted by Crippen LogP contribution is -2.05. The Balaban J connectivity index is 2.27. The van der Waals surface area contributed by atoms with E-state index in [0.29, 0.717) is 23.2 Å². The van der Waals surface area contributed by atoms with Crippen molar-refractivity contribution in [1.29, 1.82) is 5.26 Å². The molecule has 0 bridgehead atoms. The first-order valence-corrected chi connectivity index (χ1v) is 5.29. The molecule has 1 fully saturated rings. The van der Waals surface area contributed by atoms with E-state index in [1.165, 1.54) is 0 Å². The van der Waals surface area contributed by atoms with Gasteiger partial charge < -0.3 is 11.1 Å². The molecular weight excluding hydrogens is 190 g/mol. The summed E-state index contributed by atoms with van der Waals surface area (Å²) in [6.45, 7) is 2.81. The Morgan fingerprint density at radius 2 is 2.40 bits per heavy atom. The van der Waals surface area contributed by atoms with Gasteiger partial charge in [0.15, 0.2) is 5.82 Å². The number of nitriles is 1. The number of rotatable bonds is 4. The normalized spacial score (nSPS) is 14.9. The number of anilines is 2. The summed E-state index contributed by atoms with van der Waals surface area (Å²) in [5, 5.41) is 16.5. The molecule has 3 N–H and O–H groups in total. The zero-order valence-electron chi connectivity index (χ0n) is 8.82. The third-order valence-corrected chi connectivity index (χ3v) is 2.46. The molecule has 0 aromatic carbocycles. The molecule has 1 aliphatic carbocycles. The maximum Gasteiger partial charge on any atom is 0.168 e. The molecular formula is C10H15N5. The smallest absolute Gasteiger partial charge is 0.168 e. The summed E-state index contributed by atoms with van der Waals surface area (Å²) >= 11 is 0. The molecule has 0 unspecified atom stereocenters. The van der Waals surface area contributed by atoms with Crippen molar-refractivity contribution in [2.24, 2.45) is 0 Å². The molecule has 0 aliphatic heterocycles. The van der Waals surface area contributed by atoms with Crippen LogP contribution in [0.3, 0.4) is 0 Å². The van der Waals surface area contributed by atoms with Crippen molar-refractivity contribution in [2.75, 3.05) is 11.1 Å². The van der Waals surface area contributed by atoms with Crippen molar-refractivity contribution in [1.82, 2.24) is 9.78 Å². The van der Waals surface area contributed by atoms with Gasteiger partial charge in [-0.25, -0.2) is 4.68 Å². The van der Waals surface area contributed by atoms with Crippen LogP contribution < -0.4 is 11.1 Å². The van der Waals surface area contributed by atoms with Crippen LogP contribution in [0, 0.1) is 11.3 Å². The predicted octanol–water partition coefficient (Wildman–Crippen LogP) is 1.32. The topological polar surface area (TPSA) is 79.7 Å². The molecule has 1 saturated carbocycles. The number of hydrogen-bond acceptors (Lipinski definition) is 4. The lowest BCUT2D eigenvalue weighted by Gasteiger charge is -1.99. The molecule has 5 nitrogen and oxygen atoms in total. The molecule has 1 aliphatic rings. The highest BCUT2D eigenvalue weighted by atomic mass is 15.3. The van der Waals surface area contributed by atoms with Crippen LogP contribution in [0.15, 0.2) is 0 Å². The van der Waals surface area contributed by atoms with E-state index < -0.39 is 0 Å². The van der Waals surface area contributed by atoms with Crippen LogP contribution in [0.2, 0.25) is 0 Å². The number of nitrogens with two attached hydrogens (primary N) is 1. The van der Waals surface area contributed by atoms with E-state index in [4.69, 9.17) is 11.0 Å². The van der Waals surface area contributed by atoms with E-state index in [9.17, 15) is 0 Å². The average molecular weight is 205 g/mol. The van der Waals surface area contributed by atoms with Crippen molar-refractivity contribution >= 4 is 11.6 Å². The van der Waals surface area contributed by atoms with Crippen molar-refractivity contribution < 1.29 is 0 Å². The number of aromatic nitrogens is 2. The molecule has 80 valence electrons. The Kier molecular flexibility index (Phi) is 2.50. The van der Waals surface area contributed by atoms with Crippen molar-refractivity contribution in [3.8, 4) is 6.07 Å². The highest BCUT2D eigenvalue weighted by molar-refractivity contribution is 5.64. The molecule has 1 heterocycles. The molecule has 1 aromatic heterocycles. The lowest BCUT2D eigenvalue weighted by molar-refractivity contribution is 0.612. The van der Waals surface area contributed by atoms with Crippen LogP contribution in [-0.4, -0.2) is 15.8 Å². The van der Waals surface area contributed by atoms with E-state index in [2.05, 4.69) is 23.4 Å². The second-order valence-corrected chi connectivity index (χ2v) is 3.86. The van der Waals surface area contributed by atoms with E-state index in [1.807, 2.05) is 0 Å². The first-order chi connectivity index (χ1) is 7.26. The van der Waals surface area contributed by atoms with Crippen LogP contribution in [0.25, 0.3) is 0 Å². The molecule has 0 amide bonds. The lowest BCUT2D eigenvalue weighted by atomic mass is 10.3. The van der Waals surface area contributed by atoms with Gasteiger partial charge in [-0.3, -0.25) is 0 Å². The molecule has 2 rings (SSSR count). The number of nitrogens with one attached hydrogen (secondary N) is 1. The zero-order chi connectivity index (χ0) is 10.8. The van der Waals surface area contributed by atoms with E-state index >= 15 is 0 Å². The Morgan fingerprint density at radius 3 is 2.93 bits per heavy atom. The Hall–Kier alpha value is -1.70. The van der Waals surface area contributed by atoms with Crippen LogP contribution in [0.5, 0.6) is 0 Å². The summed E-state index contributed by atoms with van der Waals surface area (Å²) in [6.07, 6.45) is 3.27. The van der Waals surface area contributed by atoms with Gasteiger partial charge >= 0.3 is 0 Å². The SMILES string of the molecule is CCCn1nc(NC2CC2)c(C#N)c1N. The fourth-order valence-corrected chi connectivity index (χ4v) is 1.49. The minimum absolute atomic E-state index is 0.475. The second-order valence-electron chi connectivity index (χ2n) is 3.86. The third kappa shape index (κ3) is 1.89. The number of nitrogen functional groups attached to an aromatic ring is 1. The van der Waals surface area contributed by atoms with E-state index in [0.717, 1.165) is 25.8 Å². The quantitative estimate of drug-likeness (QED) is 0.777. The zero-order valence-corrected chi connectivity index (χ0v) is 8.82. The largest absolute Gasteiger partial charge is 0.383 e. The molecule has 15 heavy (non-hydrogen) atoms. The predicted molar refractivity (Wildman–Crippen MR) is 58.3 cm³/mol. The van der Waals surface area contributed by atoms with Gasteiger partial charge in [0.05, 0.1) is 0 Å². The van der Waals surface area contributed by atoms with Gasteiger partial charge in [-0.05, 0) is 19.3 Å². The minimum Gasteiger partial charge on any atom is -0.383 e. The molecule has 0 saturated heterocycles. The van der Waals surface area contributed by atoms with Gasteiger partial charge in [-0.2, -0.15) is 10.4 Å². The molecule has 0 spiro atoms. The van der Waals surface area contributed by atoms with Crippen LogP contribution in [-0.2, 0) is 6.54 Å². The van der Waals surface area contributed by atoms with Gasteiger partial charge in [0, 0.05) is 12.6 Å². The highest BCUT2D eigenvalue weighted by Crippen LogP contribution is 2.28. The monoisotopic (exact) mass is 205 g/mol. The minimum atomic E-state index is 0.475. The molecule has 0 atom stereocenters. The van der Waals surface area contributed by atoms with Crippen molar-refractivity contribution in [3.05, 3.63) is 5.56 Å². The van der Waals surface area contributed by atoms with Gasteiger partial charge in [0.1, 0.15) is 17.5 Å². The maximum absolute atomic E-state index is 8.99. The van der Waals surface area contributed by atoms with E-state index in [1.54, 1.807) is 4.68 Å². The summed E-state index contributed by atoms with van der Waals surface area (Å²) in [4.78, 5) is 0. The van der Waals surface area contributed by atoms with Crippen molar-refractivity contribution in [2.45, 2.75) is 38.8 Å². The third-order valence-electron chi connectivity index (χ3n) is 2.46. The average Bonchev–Trinajstić information content (AvgIpc) is 2.96. The summed E-state index contributed by atoms with van der Waals surface area (Å²) < 4.78 is 1.70. The molecule has 1 aromatic rings. The van der Waals surface area contributed by atoms with Crippen molar-refractivity contribution in [3.63, 3.8) is 0 Å².